The lowest BCUT2D eigenvalue weighted by Gasteiger charge is -2.77. The lowest BCUT2D eigenvalue weighted by molar-refractivity contribution is 0.0963. The van der Waals surface area contributed by atoms with Crippen LogP contribution < -0.4 is 0 Å². The third kappa shape index (κ3) is 13.5. The minimum Gasteiger partial charge on any atom is -0.365 e. The third-order valence-electron chi connectivity index (χ3n) is 16.9. The van der Waals surface area contributed by atoms with Gasteiger partial charge in [0, 0.05) is 75.2 Å². The first kappa shape index (κ1) is 66.6. The zero-order valence-corrected chi connectivity index (χ0v) is 59.8. The molecule has 6 aliphatic rings. The quantitative estimate of drug-likeness (QED) is 0.0310. The predicted molar refractivity (Wildman–Crippen MR) is 350 cm³/mol. The van der Waals surface area contributed by atoms with Crippen molar-refractivity contribution in [1.29, 1.82) is 0 Å². The zero-order chi connectivity index (χ0) is 53.1. The summed E-state index contributed by atoms with van der Waals surface area (Å²) in [6, 6.07) is 0. The number of hydrogen-bond donors (Lipinski definition) is 3. The van der Waals surface area contributed by atoms with Gasteiger partial charge >= 0.3 is 23.9 Å². The van der Waals surface area contributed by atoms with Gasteiger partial charge in [-0.2, -0.15) is 0 Å². The molecule has 6 bridgehead atoms. The van der Waals surface area contributed by atoms with Crippen molar-refractivity contribution in [3.8, 4) is 0 Å². The number of rotatable bonds is 39. The van der Waals surface area contributed by atoms with Gasteiger partial charge in [0.15, 0.2) is 0 Å². The molecule has 0 spiro atoms. The molecule has 6 aliphatic carbocycles. The molecule has 24 heteroatoms. The first-order valence-corrected chi connectivity index (χ1v) is 52.1. The van der Waals surface area contributed by atoms with Crippen molar-refractivity contribution in [3.63, 3.8) is 0 Å². The van der Waals surface area contributed by atoms with Crippen molar-refractivity contribution in [2.45, 2.75) is 205 Å². The molecule has 6 rings (SSSR count). The lowest BCUT2D eigenvalue weighted by Crippen LogP contribution is -2.59. The maximum Gasteiger partial charge on any atom is 0.583 e. The van der Waals surface area contributed by atoms with Crippen LogP contribution in [0.25, 0.3) is 0 Å². The first-order chi connectivity index (χ1) is 35.2. The van der Waals surface area contributed by atoms with Gasteiger partial charge in [-0.3, -0.25) is 0 Å². The first-order valence-electron chi connectivity index (χ1n) is 28.5. The van der Waals surface area contributed by atoms with E-state index in [0.29, 0.717) is 117 Å². The van der Waals surface area contributed by atoms with Crippen LogP contribution in [0.3, 0.4) is 0 Å². The molecule has 0 N–H and O–H groups in total. The topological polar surface area (TPSA) is 83.1 Å². The van der Waals surface area contributed by atoms with Crippen LogP contribution in [0.2, 0.25) is 0 Å². The molecule has 0 radical (unpaired) electrons. The average Bonchev–Trinajstić information content (AvgIpc) is 4.27. The average molecular weight is 1300 g/mol. The summed E-state index contributed by atoms with van der Waals surface area (Å²) >= 11 is 18.2. The van der Waals surface area contributed by atoms with E-state index < -0.39 is 51.5 Å². The summed E-state index contributed by atoms with van der Waals surface area (Å²) in [5, 5.41) is 1.02. The normalized spacial score (nSPS) is 32.5. The summed E-state index contributed by atoms with van der Waals surface area (Å²) in [5.74, 6) is 4.40. The van der Waals surface area contributed by atoms with E-state index in [2.05, 4.69) is 114 Å². The Bertz CT molecular complexity index is 1450. The molecule has 6 saturated carbocycles. The van der Waals surface area contributed by atoms with E-state index in [9.17, 15) is 0 Å². The van der Waals surface area contributed by atoms with Crippen LogP contribution in [0.5, 0.6) is 0 Å². The van der Waals surface area contributed by atoms with Crippen LogP contribution in [0.4, 0.5) is 0 Å². The molecule has 0 aliphatic heterocycles. The van der Waals surface area contributed by atoms with Gasteiger partial charge in [0.2, 0.25) is 0 Å². The fraction of sp³-hybridized carbons (Fsp3) is 1.00. The van der Waals surface area contributed by atoms with Gasteiger partial charge in [-0.1, -0.05) is 59.3 Å². The molecule has 0 saturated heterocycles. The van der Waals surface area contributed by atoms with E-state index in [1.165, 1.54) is 89.9 Å². The second-order valence-corrected chi connectivity index (χ2v) is 62.7. The van der Waals surface area contributed by atoms with E-state index in [-0.39, 0.29) is 5.92 Å². The minimum atomic E-state index is -3.60. The Morgan fingerprint density at radius 2 is 0.699 bits per heavy atom. The fourth-order valence-electron chi connectivity index (χ4n) is 14.2. The summed E-state index contributed by atoms with van der Waals surface area (Å²) in [6.45, 7) is 31.4. The van der Waals surface area contributed by atoms with Crippen molar-refractivity contribution < 1.29 is 39.8 Å². The molecule has 14 unspecified atom stereocenters. The van der Waals surface area contributed by atoms with Gasteiger partial charge in [0.25, 0.3) is 0 Å². The summed E-state index contributed by atoms with van der Waals surface area (Å²) in [5.41, 5.74) is 0. The Kier molecular flexibility index (Phi) is 27.9. The van der Waals surface area contributed by atoms with Crippen molar-refractivity contribution in [3.05, 3.63) is 0 Å². The molecule has 434 valence electrons. The van der Waals surface area contributed by atoms with Crippen LogP contribution in [-0.4, -0.2) is 102 Å². The highest BCUT2D eigenvalue weighted by molar-refractivity contribution is 9.53. The van der Waals surface area contributed by atoms with Gasteiger partial charge in [-0.25, -0.2) is 0 Å². The predicted octanol–water partition coefficient (Wildman–Crippen LogP) is 18.5. The summed E-state index contributed by atoms with van der Waals surface area (Å²) < 4.78 is 65.5. The van der Waals surface area contributed by atoms with Crippen molar-refractivity contribution in [2.24, 2.45) is 47.3 Å². The molecule has 0 aromatic heterocycles. The number of fused-ring (bicyclic) bond motifs is 6. The van der Waals surface area contributed by atoms with Crippen LogP contribution >= 0.6 is 119 Å². The SMILES string of the molecule is CCO[Si](OCC)(OCC)SS(SS)(C1CC2CCC1C2)C(C(C)CCCC(C)CC)(S(SS)(S[Si](OCC)(OCC)OCC)C1CC2CCC1C2)S(SS)(S[Si](OCC)(OCC)OCC)C1CC2CCC1C2. The maximum absolute atomic E-state index is 7.34. The molecule has 6 fully saturated rings. The molecular formula is C49H100O9S12Si3. The summed E-state index contributed by atoms with van der Waals surface area (Å²) in [7, 11) is -5.61. The lowest BCUT2D eigenvalue weighted by atomic mass is 9.98. The van der Waals surface area contributed by atoms with Gasteiger partial charge in [0.05, 0.1) is 0 Å². The largest absolute Gasteiger partial charge is 0.583 e. The second kappa shape index (κ2) is 30.5. The monoisotopic (exact) mass is 1300 g/mol. The Balaban J connectivity index is 1.96. The highest BCUT2D eigenvalue weighted by Gasteiger charge is 2.82. The fourth-order valence-corrected chi connectivity index (χ4v) is 121. The van der Waals surface area contributed by atoms with Gasteiger partial charge in [-0.05, 0) is 234 Å². The van der Waals surface area contributed by atoms with Gasteiger partial charge in [0.1, 0.15) is 3.41 Å². The highest BCUT2D eigenvalue weighted by Crippen LogP contribution is 3.12. The molecule has 0 aromatic rings. The number of thiol groups is 3. The Morgan fingerprint density at radius 3 is 0.890 bits per heavy atom. The standard InChI is InChI=1S/C49H100O9S12Si3/c1-13-38(11)24-23-25-39(12)49(68(62-59,46-35-40-26-29-43(46)32-40)65-71(50-14-2,51-15-3)52-16-4,69(63-60,47-36-41-27-30-44(47)33-41)66-72(53-17-5,54-18-6)55-19-7)70(64-61,48-37-42-28-31-45(48)34-42)67-73(56-20-8,57-21-9)58-22-10/h38-48,59-61H,13-37H2,1-12H3. The molecule has 9 nitrogen and oxygen atoms in total. The molecular weight excluding hydrogens is 1200 g/mol. The van der Waals surface area contributed by atoms with E-state index >= 15 is 0 Å². The molecule has 73 heavy (non-hydrogen) atoms. The van der Waals surface area contributed by atoms with Crippen LogP contribution in [-0.2, 0) is 39.8 Å². The minimum absolute atomic E-state index is 0.158. The van der Waals surface area contributed by atoms with Crippen LogP contribution in [0, 0.1) is 47.3 Å². The van der Waals surface area contributed by atoms with Crippen molar-refractivity contribution in [1.82, 2.24) is 0 Å². The van der Waals surface area contributed by atoms with Gasteiger partial charge in [-0.15, -0.1) is 59.3 Å². The Morgan fingerprint density at radius 1 is 0.425 bits per heavy atom. The maximum atomic E-state index is 7.34. The van der Waals surface area contributed by atoms with E-state index in [4.69, 9.17) is 74.8 Å². The Labute approximate surface area is 489 Å². The zero-order valence-electron chi connectivity index (χ0n) is 46.7. The smallest absolute Gasteiger partial charge is 0.365 e. The van der Waals surface area contributed by atoms with Gasteiger partial charge < -0.3 is 39.8 Å². The Hall–Kier alpha value is 4.49. The van der Waals surface area contributed by atoms with Crippen LogP contribution in [0.15, 0.2) is 0 Å². The third-order valence-corrected chi connectivity index (χ3v) is 88.0. The van der Waals surface area contributed by atoms with Crippen molar-refractivity contribution >= 4 is 143 Å². The summed E-state index contributed by atoms with van der Waals surface area (Å²) in [6.07, 6.45) is 19.5. The molecule has 0 aromatic carbocycles. The molecule has 14 atom stereocenters. The number of hydrogen-bond acceptors (Lipinski definition) is 18. The van der Waals surface area contributed by atoms with E-state index in [1.807, 2.05) is 29.5 Å². The van der Waals surface area contributed by atoms with Crippen molar-refractivity contribution in [2.75, 3.05) is 59.5 Å². The van der Waals surface area contributed by atoms with E-state index in [1.54, 1.807) is 0 Å². The molecule has 0 amide bonds. The second-order valence-electron chi connectivity index (χ2n) is 21.1. The highest BCUT2D eigenvalue weighted by atomic mass is 33.8. The van der Waals surface area contributed by atoms with E-state index in [0.717, 1.165) is 12.8 Å². The van der Waals surface area contributed by atoms with Crippen LogP contribution in [0.1, 0.15) is 186 Å². The molecule has 0 heterocycles. The summed E-state index contributed by atoms with van der Waals surface area (Å²) in [4.78, 5) is 0.